The SMILES string of the molecule is CCNc1ccc(C(=O)NCc2cnn(C)c2C)nc1. The van der Waals surface area contributed by atoms with E-state index in [1.54, 1.807) is 23.1 Å². The molecule has 0 spiro atoms. The molecule has 0 radical (unpaired) electrons. The van der Waals surface area contributed by atoms with E-state index in [1.165, 1.54) is 0 Å². The Morgan fingerprint density at radius 2 is 2.15 bits per heavy atom. The Balaban J connectivity index is 1.96. The summed E-state index contributed by atoms with van der Waals surface area (Å²) in [5, 5.41) is 10.1. The predicted octanol–water partition coefficient (Wildman–Crippen LogP) is 1.49. The molecule has 2 aromatic heterocycles. The van der Waals surface area contributed by atoms with Gasteiger partial charge in [0.2, 0.25) is 0 Å². The van der Waals surface area contributed by atoms with Crippen LogP contribution in [0.4, 0.5) is 5.69 Å². The number of nitrogens with one attached hydrogen (secondary N) is 2. The van der Waals surface area contributed by atoms with Gasteiger partial charge in [-0.3, -0.25) is 9.48 Å². The molecule has 0 aliphatic carbocycles. The third kappa shape index (κ3) is 3.14. The van der Waals surface area contributed by atoms with Crippen molar-refractivity contribution in [1.82, 2.24) is 20.1 Å². The van der Waals surface area contributed by atoms with Crippen molar-refractivity contribution in [3.05, 3.63) is 41.5 Å². The number of aromatic nitrogens is 3. The highest BCUT2D eigenvalue weighted by atomic mass is 16.1. The fraction of sp³-hybridized carbons (Fsp3) is 0.357. The lowest BCUT2D eigenvalue weighted by Gasteiger charge is -2.06. The monoisotopic (exact) mass is 273 g/mol. The molecule has 0 atom stereocenters. The number of rotatable bonds is 5. The molecule has 0 aromatic carbocycles. The fourth-order valence-electron chi connectivity index (χ4n) is 1.82. The number of hydrogen-bond acceptors (Lipinski definition) is 4. The van der Waals surface area contributed by atoms with Gasteiger partial charge in [0.05, 0.1) is 18.1 Å². The minimum Gasteiger partial charge on any atom is -0.384 e. The number of nitrogens with zero attached hydrogens (tertiary/aromatic N) is 3. The Morgan fingerprint density at radius 3 is 2.70 bits per heavy atom. The van der Waals surface area contributed by atoms with Crippen LogP contribution in [0.5, 0.6) is 0 Å². The molecule has 6 nitrogen and oxygen atoms in total. The van der Waals surface area contributed by atoms with Crippen molar-refractivity contribution in [2.45, 2.75) is 20.4 Å². The van der Waals surface area contributed by atoms with Crippen LogP contribution in [0.15, 0.2) is 24.5 Å². The van der Waals surface area contributed by atoms with E-state index >= 15 is 0 Å². The number of anilines is 1. The molecule has 0 saturated carbocycles. The summed E-state index contributed by atoms with van der Waals surface area (Å²) >= 11 is 0. The highest BCUT2D eigenvalue weighted by Crippen LogP contribution is 2.07. The van der Waals surface area contributed by atoms with E-state index < -0.39 is 0 Å². The molecule has 0 unspecified atom stereocenters. The van der Waals surface area contributed by atoms with E-state index in [4.69, 9.17) is 0 Å². The molecule has 20 heavy (non-hydrogen) atoms. The van der Waals surface area contributed by atoms with E-state index in [-0.39, 0.29) is 5.91 Å². The van der Waals surface area contributed by atoms with Gasteiger partial charge in [0.15, 0.2) is 0 Å². The molecule has 0 bridgehead atoms. The van der Waals surface area contributed by atoms with E-state index in [1.807, 2.05) is 27.0 Å². The maximum Gasteiger partial charge on any atom is 0.270 e. The molecular weight excluding hydrogens is 254 g/mol. The summed E-state index contributed by atoms with van der Waals surface area (Å²) < 4.78 is 1.78. The summed E-state index contributed by atoms with van der Waals surface area (Å²) in [5.41, 5.74) is 3.37. The van der Waals surface area contributed by atoms with Crippen LogP contribution in [-0.4, -0.2) is 27.2 Å². The summed E-state index contributed by atoms with van der Waals surface area (Å²) in [4.78, 5) is 16.1. The van der Waals surface area contributed by atoms with E-state index in [0.29, 0.717) is 12.2 Å². The number of hydrogen-bond donors (Lipinski definition) is 2. The number of pyridine rings is 1. The first-order valence-corrected chi connectivity index (χ1v) is 6.57. The van der Waals surface area contributed by atoms with Crippen molar-refractivity contribution in [2.24, 2.45) is 7.05 Å². The van der Waals surface area contributed by atoms with Crippen molar-refractivity contribution in [3.63, 3.8) is 0 Å². The Bertz CT molecular complexity index is 588. The third-order valence-corrected chi connectivity index (χ3v) is 3.15. The van der Waals surface area contributed by atoms with Crippen LogP contribution in [0.3, 0.4) is 0 Å². The average Bonchev–Trinajstić information content (AvgIpc) is 2.77. The zero-order chi connectivity index (χ0) is 14.5. The number of aryl methyl sites for hydroxylation is 1. The Hall–Kier alpha value is -2.37. The number of carbonyl (C=O) groups excluding carboxylic acids is 1. The molecule has 0 aliphatic rings. The topological polar surface area (TPSA) is 71.8 Å². The van der Waals surface area contributed by atoms with Crippen LogP contribution in [0, 0.1) is 6.92 Å². The summed E-state index contributed by atoms with van der Waals surface area (Å²) in [7, 11) is 1.88. The van der Waals surface area contributed by atoms with E-state index in [0.717, 1.165) is 23.5 Å². The van der Waals surface area contributed by atoms with Crippen LogP contribution in [0.1, 0.15) is 28.7 Å². The van der Waals surface area contributed by atoms with E-state index in [9.17, 15) is 4.79 Å². The van der Waals surface area contributed by atoms with Crippen LogP contribution in [0.25, 0.3) is 0 Å². The lowest BCUT2D eigenvalue weighted by Crippen LogP contribution is -2.24. The molecule has 106 valence electrons. The van der Waals surface area contributed by atoms with Crippen molar-refractivity contribution in [1.29, 1.82) is 0 Å². The third-order valence-electron chi connectivity index (χ3n) is 3.15. The Labute approximate surface area is 118 Å². The van der Waals surface area contributed by atoms with Gasteiger partial charge in [-0.2, -0.15) is 5.10 Å². The molecule has 1 amide bonds. The van der Waals surface area contributed by atoms with Gasteiger partial charge in [-0.25, -0.2) is 4.98 Å². The minimum atomic E-state index is -0.184. The molecule has 0 saturated heterocycles. The second-order valence-corrected chi connectivity index (χ2v) is 4.52. The highest BCUT2D eigenvalue weighted by Gasteiger charge is 2.09. The van der Waals surface area contributed by atoms with Crippen LogP contribution in [0.2, 0.25) is 0 Å². The zero-order valence-electron chi connectivity index (χ0n) is 12.0. The smallest absolute Gasteiger partial charge is 0.270 e. The van der Waals surface area contributed by atoms with Crippen molar-refractivity contribution in [2.75, 3.05) is 11.9 Å². The molecule has 2 N–H and O–H groups in total. The maximum atomic E-state index is 12.0. The normalized spacial score (nSPS) is 10.3. The summed E-state index contributed by atoms with van der Waals surface area (Å²) in [6, 6.07) is 3.56. The fourth-order valence-corrected chi connectivity index (χ4v) is 1.82. The molecule has 6 heteroatoms. The van der Waals surface area contributed by atoms with Gasteiger partial charge in [0, 0.05) is 31.4 Å². The minimum absolute atomic E-state index is 0.184. The lowest BCUT2D eigenvalue weighted by atomic mass is 10.2. The predicted molar refractivity (Wildman–Crippen MR) is 77.5 cm³/mol. The van der Waals surface area contributed by atoms with Gasteiger partial charge < -0.3 is 10.6 Å². The van der Waals surface area contributed by atoms with Crippen LogP contribution < -0.4 is 10.6 Å². The van der Waals surface area contributed by atoms with Crippen LogP contribution in [-0.2, 0) is 13.6 Å². The number of carbonyl (C=O) groups is 1. The van der Waals surface area contributed by atoms with Gasteiger partial charge in [-0.05, 0) is 26.0 Å². The summed E-state index contributed by atoms with van der Waals surface area (Å²) in [5.74, 6) is -0.184. The van der Waals surface area contributed by atoms with Gasteiger partial charge in [-0.15, -0.1) is 0 Å². The molecular formula is C14H19N5O. The standard InChI is InChI=1S/C14H19N5O/c1-4-15-12-5-6-13(16-9-12)14(20)17-7-11-8-18-19(3)10(11)2/h5-6,8-9,15H,4,7H2,1-3H3,(H,17,20). The first-order valence-electron chi connectivity index (χ1n) is 6.57. The highest BCUT2D eigenvalue weighted by molar-refractivity contribution is 5.92. The van der Waals surface area contributed by atoms with Crippen molar-refractivity contribution >= 4 is 11.6 Å². The maximum absolute atomic E-state index is 12.0. The molecule has 2 aromatic rings. The first-order chi connectivity index (χ1) is 9.61. The van der Waals surface area contributed by atoms with Crippen LogP contribution >= 0.6 is 0 Å². The first kappa shape index (κ1) is 14.0. The summed E-state index contributed by atoms with van der Waals surface area (Å²) in [6.07, 6.45) is 3.42. The quantitative estimate of drug-likeness (QED) is 0.865. The number of amides is 1. The Morgan fingerprint density at radius 1 is 1.35 bits per heavy atom. The van der Waals surface area contributed by atoms with Gasteiger partial charge in [0.1, 0.15) is 5.69 Å². The molecule has 2 rings (SSSR count). The zero-order valence-corrected chi connectivity index (χ0v) is 12.0. The summed E-state index contributed by atoms with van der Waals surface area (Å²) in [6.45, 7) is 5.26. The van der Waals surface area contributed by atoms with Crippen molar-refractivity contribution < 1.29 is 4.79 Å². The average molecular weight is 273 g/mol. The van der Waals surface area contributed by atoms with Gasteiger partial charge in [-0.1, -0.05) is 0 Å². The largest absolute Gasteiger partial charge is 0.384 e. The van der Waals surface area contributed by atoms with Crippen molar-refractivity contribution in [3.8, 4) is 0 Å². The molecule has 0 fully saturated rings. The second-order valence-electron chi connectivity index (χ2n) is 4.52. The lowest BCUT2D eigenvalue weighted by molar-refractivity contribution is 0.0946. The van der Waals surface area contributed by atoms with Gasteiger partial charge >= 0.3 is 0 Å². The van der Waals surface area contributed by atoms with Gasteiger partial charge in [0.25, 0.3) is 5.91 Å². The molecule has 2 heterocycles. The van der Waals surface area contributed by atoms with E-state index in [2.05, 4.69) is 20.7 Å². The Kier molecular flexibility index (Phi) is 4.34. The molecule has 0 aliphatic heterocycles. The second kappa shape index (κ2) is 6.18.